The van der Waals surface area contributed by atoms with Gasteiger partial charge in [0.25, 0.3) is 0 Å². The lowest BCUT2D eigenvalue weighted by Gasteiger charge is -2.11. The van der Waals surface area contributed by atoms with Gasteiger partial charge in [0.1, 0.15) is 0 Å². The van der Waals surface area contributed by atoms with Gasteiger partial charge >= 0.3 is 6.18 Å². The second-order valence-corrected chi connectivity index (χ2v) is 6.02. The average Bonchev–Trinajstić information content (AvgIpc) is 2.70. The molecular weight excluding hydrogens is 349 g/mol. The third-order valence-electron chi connectivity index (χ3n) is 2.96. The van der Waals surface area contributed by atoms with E-state index >= 15 is 0 Å². The van der Waals surface area contributed by atoms with Crippen molar-refractivity contribution in [2.45, 2.75) is 26.4 Å². The monoisotopic (exact) mass is 362 g/mol. The largest absolute Gasteiger partial charge is 0.417 e. The minimum Gasteiger partial charge on any atom is -0.381 e. The van der Waals surface area contributed by atoms with E-state index in [4.69, 9.17) is 10.3 Å². The van der Waals surface area contributed by atoms with Crippen LogP contribution in [0.1, 0.15) is 25.0 Å². The minimum atomic E-state index is -4.45. The second kappa shape index (κ2) is 5.71. The zero-order valence-electron chi connectivity index (χ0n) is 11.5. The van der Waals surface area contributed by atoms with Crippen LogP contribution in [0.5, 0.6) is 0 Å². The Morgan fingerprint density at radius 2 is 2.00 bits per heavy atom. The quantitative estimate of drug-likeness (QED) is 0.844. The molecule has 0 atom stereocenters. The summed E-state index contributed by atoms with van der Waals surface area (Å²) in [7, 11) is 0. The van der Waals surface area contributed by atoms with Gasteiger partial charge in [0, 0.05) is 15.6 Å². The number of hydrogen-bond donors (Lipinski definition) is 1. The molecule has 0 spiro atoms. The van der Waals surface area contributed by atoms with Crippen molar-refractivity contribution in [3.05, 3.63) is 33.8 Å². The van der Waals surface area contributed by atoms with E-state index in [0.29, 0.717) is 23.3 Å². The summed E-state index contributed by atoms with van der Waals surface area (Å²) in [5.74, 6) is 0.789. The first-order valence-corrected chi connectivity index (χ1v) is 7.10. The maximum Gasteiger partial charge on any atom is 0.417 e. The molecule has 3 nitrogen and oxygen atoms in total. The molecule has 0 radical (unpaired) electrons. The number of nitrogens with zero attached hydrogens (tertiary/aromatic N) is 1. The van der Waals surface area contributed by atoms with Gasteiger partial charge in [-0.05, 0) is 30.5 Å². The number of hydrogen-bond acceptors (Lipinski definition) is 3. The molecule has 0 aliphatic carbocycles. The highest BCUT2D eigenvalue weighted by Gasteiger charge is 2.33. The van der Waals surface area contributed by atoms with Gasteiger partial charge < -0.3 is 10.3 Å². The molecule has 0 saturated heterocycles. The first-order chi connectivity index (χ1) is 9.70. The van der Waals surface area contributed by atoms with Crippen LogP contribution in [0, 0.1) is 5.92 Å². The van der Waals surface area contributed by atoms with Crippen LogP contribution in [0.4, 0.5) is 19.0 Å². The predicted octanol–water partition coefficient (Wildman–Crippen LogP) is 4.90. The van der Waals surface area contributed by atoms with E-state index in [9.17, 15) is 13.2 Å². The van der Waals surface area contributed by atoms with Crippen LogP contribution in [0.3, 0.4) is 0 Å². The summed E-state index contributed by atoms with van der Waals surface area (Å²) in [6, 6.07) is 3.92. The highest BCUT2D eigenvalue weighted by molar-refractivity contribution is 9.10. The summed E-state index contributed by atoms with van der Waals surface area (Å²) in [5, 5.41) is 3.67. The number of anilines is 1. The Hall–Kier alpha value is -1.50. The van der Waals surface area contributed by atoms with Crippen molar-refractivity contribution in [2.24, 2.45) is 5.92 Å². The summed E-state index contributed by atoms with van der Waals surface area (Å²) < 4.78 is 44.0. The number of rotatable bonds is 3. The first kappa shape index (κ1) is 15.9. The van der Waals surface area contributed by atoms with Crippen LogP contribution >= 0.6 is 15.9 Å². The van der Waals surface area contributed by atoms with E-state index in [1.807, 2.05) is 13.8 Å². The molecule has 114 valence electrons. The van der Waals surface area contributed by atoms with Gasteiger partial charge in [-0.2, -0.15) is 13.2 Å². The van der Waals surface area contributed by atoms with E-state index in [2.05, 4.69) is 21.1 Å². The Labute approximate surface area is 128 Å². The third-order valence-corrected chi connectivity index (χ3v) is 3.66. The van der Waals surface area contributed by atoms with Crippen LogP contribution < -0.4 is 5.73 Å². The molecule has 1 aromatic heterocycles. The van der Waals surface area contributed by atoms with E-state index < -0.39 is 11.7 Å². The van der Waals surface area contributed by atoms with Crippen LogP contribution in [0.2, 0.25) is 0 Å². The second-order valence-electron chi connectivity index (χ2n) is 5.17. The molecule has 0 aliphatic heterocycles. The van der Waals surface area contributed by atoms with Crippen molar-refractivity contribution in [3.8, 4) is 11.3 Å². The average molecular weight is 363 g/mol. The molecule has 1 heterocycles. The van der Waals surface area contributed by atoms with Crippen molar-refractivity contribution in [1.29, 1.82) is 0 Å². The van der Waals surface area contributed by atoms with E-state index in [0.717, 1.165) is 6.07 Å². The van der Waals surface area contributed by atoms with Crippen molar-refractivity contribution in [1.82, 2.24) is 5.16 Å². The molecule has 2 aromatic rings. The highest BCUT2D eigenvalue weighted by Crippen LogP contribution is 2.39. The fourth-order valence-electron chi connectivity index (χ4n) is 2.04. The SMILES string of the molecule is CC(C)Cc1c(N)noc1-c1ccc(Br)c(C(F)(F)F)c1. The molecule has 0 unspecified atom stereocenters. The number of nitrogens with two attached hydrogens (primary N) is 1. The molecule has 0 aliphatic rings. The lowest BCUT2D eigenvalue weighted by Crippen LogP contribution is -2.06. The molecular formula is C14H14BrF3N2O. The Kier molecular flexibility index (Phi) is 4.32. The summed E-state index contributed by atoms with van der Waals surface area (Å²) in [4.78, 5) is 0. The van der Waals surface area contributed by atoms with Gasteiger partial charge in [0.2, 0.25) is 0 Å². The van der Waals surface area contributed by atoms with E-state index in [1.165, 1.54) is 6.07 Å². The lowest BCUT2D eigenvalue weighted by atomic mass is 9.99. The number of nitrogen functional groups attached to an aromatic ring is 1. The van der Waals surface area contributed by atoms with E-state index in [-0.39, 0.29) is 16.2 Å². The Morgan fingerprint density at radius 1 is 1.33 bits per heavy atom. The lowest BCUT2D eigenvalue weighted by molar-refractivity contribution is -0.138. The van der Waals surface area contributed by atoms with Gasteiger partial charge in [0.05, 0.1) is 5.56 Å². The van der Waals surface area contributed by atoms with Crippen molar-refractivity contribution >= 4 is 21.7 Å². The normalized spacial score (nSPS) is 12.1. The van der Waals surface area contributed by atoms with Gasteiger partial charge in [-0.3, -0.25) is 0 Å². The number of benzene rings is 1. The summed E-state index contributed by atoms with van der Waals surface area (Å²) >= 11 is 2.91. The minimum absolute atomic E-state index is 0.0170. The molecule has 0 bridgehead atoms. The maximum atomic E-state index is 13.0. The zero-order valence-corrected chi connectivity index (χ0v) is 13.0. The van der Waals surface area contributed by atoms with Gasteiger partial charge in [0.15, 0.2) is 11.6 Å². The summed E-state index contributed by atoms with van der Waals surface area (Å²) in [6.07, 6.45) is -3.86. The molecule has 21 heavy (non-hydrogen) atoms. The summed E-state index contributed by atoms with van der Waals surface area (Å²) in [6.45, 7) is 3.97. The molecule has 2 N–H and O–H groups in total. The topological polar surface area (TPSA) is 52.0 Å². The summed E-state index contributed by atoms with van der Waals surface area (Å²) in [5.41, 5.74) is 5.94. The highest BCUT2D eigenvalue weighted by atomic mass is 79.9. The number of alkyl halides is 3. The third kappa shape index (κ3) is 3.40. The van der Waals surface area contributed by atoms with Crippen molar-refractivity contribution in [2.75, 3.05) is 5.73 Å². The standard InChI is InChI=1S/C14H14BrF3N2O/c1-7(2)5-9-12(21-20-13(9)19)8-3-4-11(15)10(6-8)14(16,17)18/h3-4,6-7H,5H2,1-2H3,(H2,19,20). The Bertz CT molecular complexity index is 650. The number of halogens is 4. The van der Waals surface area contributed by atoms with Gasteiger partial charge in [-0.15, -0.1) is 0 Å². The first-order valence-electron chi connectivity index (χ1n) is 6.31. The van der Waals surface area contributed by atoms with Crippen molar-refractivity contribution < 1.29 is 17.7 Å². The van der Waals surface area contributed by atoms with Crippen LogP contribution in [0.15, 0.2) is 27.2 Å². The number of aromatic nitrogens is 1. The molecule has 0 fully saturated rings. The van der Waals surface area contributed by atoms with Gasteiger partial charge in [-0.1, -0.05) is 34.9 Å². The molecule has 0 amide bonds. The predicted molar refractivity (Wildman–Crippen MR) is 77.6 cm³/mol. The fourth-order valence-corrected chi connectivity index (χ4v) is 2.51. The molecule has 7 heteroatoms. The molecule has 2 rings (SSSR count). The maximum absolute atomic E-state index is 13.0. The van der Waals surface area contributed by atoms with Crippen LogP contribution in [-0.2, 0) is 12.6 Å². The Morgan fingerprint density at radius 3 is 2.57 bits per heavy atom. The Balaban J connectivity index is 2.53. The molecule has 0 saturated carbocycles. The van der Waals surface area contributed by atoms with Crippen LogP contribution in [0.25, 0.3) is 11.3 Å². The van der Waals surface area contributed by atoms with Crippen molar-refractivity contribution in [3.63, 3.8) is 0 Å². The van der Waals surface area contributed by atoms with Crippen LogP contribution in [-0.4, -0.2) is 5.16 Å². The van der Waals surface area contributed by atoms with E-state index in [1.54, 1.807) is 6.07 Å². The smallest absolute Gasteiger partial charge is 0.381 e. The fraction of sp³-hybridized carbons (Fsp3) is 0.357. The molecule has 1 aromatic carbocycles. The van der Waals surface area contributed by atoms with Gasteiger partial charge in [-0.25, -0.2) is 0 Å². The zero-order chi connectivity index (χ0) is 15.8.